The Morgan fingerprint density at radius 2 is 2.00 bits per heavy atom. The second-order valence-electron chi connectivity index (χ2n) is 5.94. The molecule has 1 aliphatic carbocycles. The highest BCUT2D eigenvalue weighted by Crippen LogP contribution is 2.32. The first-order valence-electron chi connectivity index (χ1n) is 8.10. The van der Waals surface area contributed by atoms with Crippen molar-refractivity contribution in [3.63, 3.8) is 0 Å². The number of methoxy groups -OCH3 is 1. The lowest BCUT2D eigenvalue weighted by molar-refractivity contribution is -0.141. The smallest absolute Gasteiger partial charge is 0.433 e. The Hall–Kier alpha value is -2.72. The number of aromatic nitrogens is 1. The van der Waals surface area contributed by atoms with Gasteiger partial charge in [-0.05, 0) is 53.9 Å². The van der Waals surface area contributed by atoms with Crippen molar-refractivity contribution in [1.82, 2.24) is 4.98 Å². The van der Waals surface area contributed by atoms with Gasteiger partial charge in [0.25, 0.3) is 0 Å². The Labute approximate surface area is 151 Å². The van der Waals surface area contributed by atoms with E-state index in [1.54, 1.807) is 6.08 Å². The number of nitrogens with zero attached hydrogens (tertiary/aromatic N) is 1. The maximum atomic E-state index is 12.9. The van der Waals surface area contributed by atoms with Crippen molar-refractivity contribution in [2.75, 3.05) is 7.11 Å². The highest BCUT2D eigenvalue weighted by Gasteiger charge is 2.33. The van der Waals surface area contributed by atoms with Crippen LogP contribution < -0.4 is 10.5 Å². The van der Waals surface area contributed by atoms with Gasteiger partial charge in [0.15, 0.2) is 0 Å². The van der Waals surface area contributed by atoms with Crippen LogP contribution in [0, 0.1) is 0 Å². The van der Waals surface area contributed by atoms with Gasteiger partial charge in [0.1, 0.15) is 5.69 Å². The van der Waals surface area contributed by atoms with Crippen LogP contribution in [0.15, 0.2) is 64.6 Å². The molecule has 138 valence electrons. The molecule has 0 amide bonds. The Morgan fingerprint density at radius 3 is 2.58 bits per heavy atom. The molecule has 0 saturated carbocycles. The number of halogens is 3. The van der Waals surface area contributed by atoms with Gasteiger partial charge in [0.2, 0.25) is 5.88 Å². The second-order valence-corrected chi connectivity index (χ2v) is 5.94. The van der Waals surface area contributed by atoms with Crippen molar-refractivity contribution < 1.29 is 17.9 Å². The summed E-state index contributed by atoms with van der Waals surface area (Å²) >= 11 is 0. The molecule has 1 aromatic heterocycles. The van der Waals surface area contributed by atoms with Crippen molar-refractivity contribution in [3.05, 3.63) is 75.8 Å². The van der Waals surface area contributed by atoms with Gasteiger partial charge in [0.05, 0.1) is 7.11 Å². The highest BCUT2D eigenvalue weighted by molar-refractivity contribution is 5.50. The SMILES string of the molecule is C=C1C=C=C(C)/C(Cc2ccc(C(F)(F)F)nc2OC)=C(/N)C=C1CC. The minimum Gasteiger partial charge on any atom is -0.481 e. The summed E-state index contributed by atoms with van der Waals surface area (Å²) in [5, 5.41) is 0. The number of allylic oxidation sites excluding steroid dienone is 5. The van der Waals surface area contributed by atoms with Crippen LogP contribution in [0.4, 0.5) is 13.2 Å². The van der Waals surface area contributed by atoms with Gasteiger partial charge in [0, 0.05) is 17.7 Å². The number of pyridine rings is 1. The summed E-state index contributed by atoms with van der Waals surface area (Å²) in [4.78, 5) is 3.59. The summed E-state index contributed by atoms with van der Waals surface area (Å²) in [6, 6.07) is 2.32. The summed E-state index contributed by atoms with van der Waals surface area (Å²) in [5.74, 6) is -0.0666. The van der Waals surface area contributed by atoms with E-state index in [1.165, 1.54) is 13.2 Å². The third-order valence-electron chi connectivity index (χ3n) is 4.18. The highest BCUT2D eigenvalue weighted by atomic mass is 19.4. The topological polar surface area (TPSA) is 48.1 Å². The van der Waals surface area contributed by atoms with Crippen LogP contribution >= 0.6 is 0 Å². The number of rotatable bonds is 4. The molecular weight excluding hydrogens is 341 g/mol. The van der Waals surface area contributed by atoms with E-state index in [4.69, 9.17) is 10.5 Å². The lowest BCUT2D eigenvalue weighted by Gasteiger charge is -2.16. The zero-order valence-corrected chi connectivity index (χ0v) is 15.0. The van der Waals surface area contributed by atoms with Crippen LogP contribution in [0.2, 0.25) is 0 Å². The maximum Gasteiger partial charge on any atom is 0.433 e. The van der Waals surface area contributed by atoms with Gasteiger partial charge in [-0.25, -0.2) is 4.98 Å². The molecule has 6 heteroatoms. The number of hydrogen-bond acceptors (Lipinski definition) is 3. The summed E-state index contributed by atoms with van der Waals surface area (Å²) in [7, 11) is 1.30. The van der Waals surface area contributed by atoms with Gasteiger partial charge < -0.3 is 10.5 Å². The predicted molar refractivity (Wildman–Crippen MR) is 95.5 cm³/mol. The van der Waals surface area contributed by atoms with Crippen LogP contribution in [0.1, 0.15) is 31.5 Å². The molecule has 1 aliphatic rings. The van der Waals surface area contributed by atoms with Crippen molar-refractivity contribution in [2.24, 2.45) is 5.73 Å². The van der Waals surface area contributed by atoms with Gasteiger partial charge in [-0.2, -0.15) is 13.2 Å². The molecule has 0 spiro atoms. The largest absolute Gasteiger partial charge is 0.481 e. The number of ether oxygens (including phenoxy) is 1. The Kier molecular flexibility index (Phi) is 5.78. The minimum absolute atomic E-state index is 0.0666. The normalized spacial score (nSPS) is 18.2. The van der Waals surface area contributed by atoms with Gasteiger partial charge in [-0.3, -0.25) is 0 Å². The van der Waals surface area contributed by atoms with E-state index >= 15 is 0 Å². The average Bonchev–Trinajstić information content (AvgIpc) is 2.59. The minimum atomic E-state index is -4.53. The molecule has 1 heterocycles. The molecular formula is C20H21F3N2O. The van der Waals surface area contributed by atoms with Gasteiger partial charge >= 0.3 is 6.18 Å². The zero-order valence-electron chi connectivity index (χ0n) is 15.0. The molecule has 0 atom stereocenters. The maximum absolute atomic E-state index is 12.9. The van der Waals surface area contributed by atoms with E-state index in [1.807, 2.05) is 19.9 Å². The third kappa shape index (κ3) is 4.27. The van der Waals surface area contributed by atoms with E-state index < -0.39 is 11.9 Å². The van der Waals surface area contributed by atoms with E-state index in [9.17, 15) is 13.2 Å². The molecule has 0 radical (unpaired) electrons. The molecule has 2 rings (SSSR count). The molecule has 2 N–H and O–H groups in total. The van der Waals surface area contributed by atoms with Crippen molar-refractivity contribution >= 4 is 0 Å². The van der Waals surface area contributed by atoms with Crippen LogP contribution in [-0.2, 0) is 12.6 Å². The summed E-state index contributed by atoms with van der Waals surface area (Å²) < 4.78 is 43.6. The van der Waals surface area contributed by atoms with E-state index in [2.05, 4.69) is 17.3 Å². The fourth-order valence-electron chi connectivity index (χ4n) is 2.65. The van der Waals surface area contributed by atoms with E-state index in [-0.39, 0.29) is 12.3 Å². The lowest BCUT2D eigenvalue weighted by atomic mass is 9.93. The molecule has 0 aromatic carbocycles. The molecule has 0 bridgehead atoms. The molecule has 26 heavy (non-hydrogen) atoms. The van der Waals surface area contributed by atoms with Gasteiger partial charge in [-0.1, -0.05) is 19.6 Å². The first-order chi connectivity index (χ1) is 12.2. The van der Waals surface area contributed by atoms with Crippen LogP contribution in [0.3, 0.4) is 0 Å². The molecule has 0 aliphatic heterocycles. The predicted octanol–water partition coefficient (Wildman–Crippen LogP) is 4.87. The third-order valence-corrected chi connectivity index (χ3v) is 4.18. The van der Waals surface area contributed by atoms with Crippen molar-refractivity contribution in [1.29, 1.82) is 0 Å². The van der Waals surface area contributed by atoms with E-state index in [0.717, 1.165) is 34.8 Å². The van der Waals surface area contributed by atoms with Crippen LogP contribution in [-0.4, -0.2) is 12.1 Å². The second kappa shape index (κ2) is 7.67. The fraction of sp³-hybridized carbons (Fsp3) is 0.300. The van der Waals surface area contributed by atoms with Crippen LogP contribution in [0.5, 0.6) is 5.88 Å². The Bertz CT molecular complexity index is 854. The van der Waals surface area contributed by atoms with E-state index in [0.29, 0.717) is 11.3 Å². The number of hydrogen-bond donors (Lipinski definition) is 1. The number of nitrogens with two attached hydrogens (primary N) is 1. The summed E-state index contributed by atoms with van der Waals surface area (Å²) in [5.41, 5.74) is 12.8. The number of alkyl halides is 3. The molecule has 0 saturated heterocycles. The zero-order chi connectivity index (χ0) is 19.5. The quantitative estimate of drug-likeness (QED) is 0.777. The monoisotopic (exact) mass is 362 g/mol. The molecule has 0 fully saturated rings. The molecule has 3 nitrogen and oxygen atoms in total. The standard InChI is InChI=1S/C20H21F3N2O/c1-5-14-11-17(24)16(13(3)7-6-12(14)2)10-15-8-9-18(20(21,22)23)25-19(15)26-4/h6,8-9,11H,2,5,10,24H2,1,3-4H3/b14-11?,17-16+. The fourth-order valence-corrected chi connectivity index (χ4v) is 2.65. The van der Waals surface area contributed by atoms with Crippen LogP contribution in [0.25, 0.3) is 0 Å². The molecule has 0 unspecified atom stereocenters. The Morgan fingerprint density at radius 1 is 1.31 bits per heavy atom. The van der Waals surface area contributed by atoms with Crippen molar-refractivity contribution in [2.45, 2.75) is 32.9 Å². The summed E-state index contributed by atoms with van der Waals surface area (Å²) in [6.07, 6.45) is 0.159. The first kappa shape index (κ1) is 19.6. The van der Waals surface area contributed by atoms with Gasteiger partial charge in [-0.15, -0.1) is 5.73 Å². The summed E-state index contributed by atoms with van der Waals surface area (Å²) in [6.45, 7) is 7.84. The average molecular weight is 362 g/mol. The van der Waals surface area contributed by atoms with Crippen molar-refractivity contribution in [3.8, 4) is 5.88 Å². The lowest BCUT2D eigenvalue weighted by Crippen LogP contribution is -2.11. The first-order valence-corrected chi connectivity index (χ1v) is 8.10. The Balaban J connectivity index is 2.50. The molecule has 1 aromatic rings.